The van der Waals surface area contributed by atoms with Crippen molar-refractivity contribution >= 4 is 28.4 Å². The molecule has 6 heteroatoms. The molecule has 1 aliphatic heterocycles. The van der Waals surface area contributed by atoms with E-state index in [9.17, 15) is 4.79 Å². The van der Waals surface area contributed by atoms with E-state index >= 15 is 0 Å². The molecule has 1 atom stereocenters. The van der Waals surface area contributed by atoms with E-state index < -0.39 is 0 Å². The first-order chi connectivity index (χ1) is 13.1. The van der Waals surface area contributed by atoms with Crippen molar-refractivity contribution in [1.82, 2.24) is 14.5 Å². The number of aromatic nitrogens is 2. The molecule has 0 aliphatic carbocycles. The van der Waals surface area contributed by atoms with Gasteiger partial charge in [0.05, 0.1) is 28.9 Å². The number of amides is 1. The Morgan fingerprint density at radius 3 is 2.96 bits per heavy atom. The normalized spacial score (nSPS) is 17.4. The van der Waals surface area contributed by atoms with Gasteiger partial charge in [-0.1, -0.05) is 29.8 Å². The number of likely N-dealkylation sites (tertiary alicyclic amines) is 1. The number of aryl methyl sites for hydroxylation is 1. The van der Waals surface area contributed by atoms with Gasteiger partial charge in [-0.15, -0.1) is 0 Å². The summed E-state index contributed by atoms with van der Waals surface area (Å²) < 4.78 is 7.90. The van der Waals surface area contributed by atoms with Crippen LogP contribution in [0.2, 0.25) is 5.02 Å². The summed E-state index contributed by atoms with van der Waals surface area (Å²) in [6, 6.07) is 13.4. The number of rotatable bonds is 4. The van der Waals surface area contributed by atoms with Crippen LogP contribution in [0.5, 0.6) is 0 Å². The molecule has 3 heterocycles. The highest BCUT2D eigenvalue weighted by Crippen LogP contribution is 2.27. The van der Waals surface area contributed by atoms with Crippen LogP contribution in [-0.2, 0) is 18.4 Å². The molecule has 140 valence electrons. The number of carbonyl (C=O) groups is 1. The van der Waals surface area contributed by atoms with E-state index in [0.29, 0.717) is 23.9 Å². The fourth-order valence-electron chi connectivity index (χ4n) is 3.68. The van der Waals surface area contributed by atoms with Crippen molar-refractivity contribution in [3.63, 3.8) is 0 Å². The smallest absolute Gasteiger partial charge is 0.270 e. The Bertz CT molecular complexity index is 955. The number of hydrogen-bond donors (Lipinski definition) is 0. The maximum Gasteiger partial charge on any atom is 0.270 e. The Kier molecular flexibility index (Phi) is 5.14. The Balaban J connectivity index is 1.47. The first-order valence-corrected chi connectivity index (χ1v) is 9.56. The highest BCUT2D eigenvalue weighted by atomic mass is 35.5. The van der Waals surface area contributed by atoms with Gasteiger partial charge in [0, 0.05) is 31.7 Å². The van der Waals surface area contributed by atoms with E-state index in [1.54, 1.807) is 6.20 Å². The number of hydrogen-bond acceptors (Lipinski definition) is 3. The molecule has 0 radical (unpaired) electrons. The molecule has 5 nitrogen and oxygen atoms in total. The maximum absolute atomic E-state index is 13.1. The van der Waals surface area contributed by atoms with Crippen LogP contribution in [0, 0.1) is 0 Å². The molecule has 0 spiro atoms. The Hall–Kier alpha value is -2.37. The highest BCUT2D eigenvalue weighted by Gasteiger charge is 2.27. The quantitative estimate of drug-likeness (QED) is 0.682. The van der Waals surface area contributed by atoms with Gasteiger partial charge in [0.25, 0.3) is 5.91 Å². The van der Waals surface area contributed by atoms with Crippen LogP contribution >= 0.6 is 11.6 Å². The molecule has 27 heavy (non-hydrogen) atoms. The molecule has 3 aromatic rings. The van der Waals surface area contributed by atoms with Crippen molar-refractivity contribution in [3.05, 3.63) is 65.1 Å². The van der Waals surface area contributed by atoms with Crippen molar-refractivity contribution < 1.29 is 9.53 Å². The molecule has 2 aromatic heterocycles. The summed E-state index contributed by atoms with van der Waals surface area (Å²) >= 11 is 6.32. The minimum absolute atomic E-state index is 0.0240. The van der Waals surface area contributed by atoms with Crippen LogP contribution < -0.4 is 0 Å². The molecule has 1 unspecified atom stereocenters. The summed E-state index contributed by atoms with van der Waals surface area (Å²) in [5.41, 5.74) is 2.45. The number of fused-ring (bicyclic) bond motifs is 1. The van der Waals surface area contributed by atoms with E-state index in [0.717, 1.165) is 36.0 Å². The average Bonchev–Trinajstić information content (AvgIpc) is 3.05. The minimum Gasteiger partial charge on any atom is -0.370 e. The van der Waals surface area contributed by atoms with Gasteiger partial charge < -0.3 is 14.2 Å². The lowest BCUT2D eigenvalue weighted by atomic mass is 10.1. The van der Waals surface area contributed by atoms with Crippen molar-refractivity contribution in [3.8, 4) is 0 Å². The predicted octanol–water partition coefficient (Wildman–Crippen LogP) is 4.05. The van der Waals surface area contributed by atoms with Crippen LogP contribution in [0.1, 0.15) is 29.0 Å². The van der Waals surface area contributed by atoms with Crippen molar-refractivity contribution in [2.24, 2.45) is 7.05 Å². The second-order valence-electron chi connectivity index (χ2n) is 6.91. The molecule has 0 saturated carbocycles. The highest BCUT2D eigenvalue weighted by molar-refractivity contribution is 6.35. The molecule has 0 N–H and O–H groups in total. The minimum atomic E-state index is 0.0240. The lowest BCUT2D eigenvalue weighted by molar-refractivity contribution is -0.00809. The van der Waals surface area contributed by atoms with Crippen LogP contribution in [0.15, 0.2) is 48.7 Å². The Morgan fingerprint density at radius 1 is 1.30 bits per heavy atom. The van der Waals surface area contributed by atoms with Crippen molar-refractivity contribution in [1.29, 1.82) is 0 Å². The second-order valence-corrected chi connectivity index (χ2v) is 7.32. The summed E-state index contributed by atoms with van der Waals surface area (Å²) in [5.74, 6) is 0.0240. The number of pyridine rings is 1. The van der Waals surface area contributed by atoms with E-state index in [-0.39, 0.29) is 12.0 Å². The van der Waals surface area contributed by atoms with Gasteiger partial charge in [-0.25, -0.2) is 0 Å². The van der Waals surface area contributed by atoms with E-state index in [1.165, 1.54) is 0 Å². The third-order valence-corrected chi connectivity index (χ3v) is 5.39. The number of benzene rings is 1. The summed E-state index contributed by atoms with van der Waals surface area (Å²) in [6.45, 7) is 1.82. The van der Waals surface area contributed by atoms with Crippen LogP contribution in [-0.4, -0.2) is 39.6 Å². The third kappa shape index (κ3) is 3.70. The van der Waals surface area contributed by atoms with Gasteiger partial charge in [-0.2, -0.15) is 0 Å². The summed E-state index contributed by atoms with van der Waals surface area (Å²) in [6.07, 6.45) is 3.68. The number of halogens is 1. The Labute approximate surface area is 163 Å². The molecule has 1 fully saturated rings. The van der Waals surface area contributed by atoms with Crippen LogP contribution in [0.3, 0.4) is 0 Å². The van der Waals surface area contributed by atoms with Crippen LogP contribution in [0.4, 0.5) is 0 Å². The first kappa shape index (κ1) is 18.0. The largest absolute Gasteiger partial charge is 0.370 e. The van der Waals surface area contributed by atoms with Gasteiger partial charge in [-0.3, -0.25) is 9.78 Å². The third-order valence-electron chi connectivity index (χ3n) is 5.08. The molecule has 0 bridgehead atoms. The Morgan fingerprint density at radius 2 is 2.19 bits per heavy atom. The van der Waals surface area contributed by atoms with E-state index in [4.69, 9.17) is 16.3 Å². The zero-order valence-electron chi connectivity index (χ0n) is 15.3. The monoisotopic (exact) mass is 383 g/mol. The second kappa shape index (κ2) is 7.71. The van der Waals surface area contributed by atoms with Gasteiger partial charge in [0.1, 0.15) is 5.69 Å². The number of ether oxygens (including phenoxy) is 1. The summed E-state index contributed by atoms with van der Waals surface area (Å²) in [5, 5.41) is 1.64. The number of para-hydroxylation sites is 1. The number of nitrogens with zero attached hydrogens (tertiary/aromatic N) is 3. The van der Waals surface area contributed by atoms with Gasteiger partial charge >= 0.3 is 0 Å². The fourth-order valence-corrected chi connectivity index (χ4v) is 3.99. The molecule has 1 aliphatic rings. The van der Waals surface area contributed by atoms with Gasteiger partial charge in [0.2, 0.25) is 0 Å². The number of piperidine rings is 1. The molecule has 1 saturated heterocycles. The van der Waals surface area contributed by atoms with E-state index in [2.05, 4.69) is 4.98 Å². The van der Waals surface area contributed by atoms with Gasteiger partial charge in [0.15, 0.2) is 0 Å². The lowest BCUT2D eigenvalue weighted by Crippen LogP contribution is -2.43. The molecule has 1 amide bonds. The van der Waals surface area contributed by atoms with Crippen LogP contribution in [0.25, 0.3) is 10.9 Å². The maximum atomic E-state index is 13.1. The molecule has 4 rings (SSSR count). The lowest BCUT2D eigenvalue weighted by Gasteiger charge is -2.32. The standard InChI is InChI=1S/C21H22ClN3O2/c1-24-19(12-15-6-4-9-18(22)20(15)24)21(26)25-11-5-8-17(13-25)27-14-16-7-2-3-10-23-16/h2-4,6-7,9-10,12,17H,5,8,11,13-14H2,1H3. The molecule has 1 aromatic carbocycles. The van der Waals surface area contributed by atoms with Gasteiger partial charge in [-0.05, 0) is 37.1 Å². The summed E-state index contributed by atoms with van der Waals surface area (Å²) in [4.78, 5) is 19.3. The van der Waals surface area contributed by atoms with Crippen molar-refractivity contribution in [2.75, 3.05) is 13.1 Å². The average molecular weight is 384 g/mol. The topological polar surface area (TPSA) is 47.4 Å². The predicted molar refractivity (Wildman–Crippen MR) is 106 cm³/mol. The molecular formula is C21H22ClN3O2. The zero-order valence-corrected chi connectivity index (χ0v) is 16.0. The van der Waals surface area contributed by atoms with E-state index in [1.807, 2.05) is 59.0 Å². The number of carbonyl (C=O) groups excluding carboxylic acids is 1. The summed E-state index contributed by atoms with van der Waals surface area (Å²) in [7, 11) is 1.89. The SMILES string of the molecule is Cn1c(C(=O)N2CCCC(OCc3ccccn3)C2)cc2cccc(Cl)c21. The molecular weight excluding hydrogens is 362 g/mol. The fraction of sp³-hybridized carbons (Fsp3) is 0.333. The zero-order chi connectivity index (χ0) is 18.8. The van der Waals surface area contributed by atoms with Crippen molar-refractivity contribution in [2.45, 2.75) is 25.6 Å². The first-order valence-electron chi connectivity index (χ1n) is 9.18.